The highest BCUT2D eigenvalue weighted by Crippen LogP contribution is 2.32. The van der Waals surface area contributed by atoms with E-state index in [-0.39, 0.29) is 0 Å². The van der Waals surface area contributed by atoms with Gasteiger partial charge < -0.3 is 15.4 Å². The van der Waals surface area contributed by atoms with E-state index >= 15 is 0 Å². The molecule has 25 heavy (non-hydrogen) atoms. The van der Waals surface area contributed by atoms with Crippen LogP contribution in [0.5, 0.6) is 5.75 Å². The van der Waals surface area contributed by atoms with Crippen molar-refractivity contribution in [2.45, 2.75) is 6.54 Å². The third-order valence-electron chi connectivity index (χ3n) is 3.52. The van der Waals surface area contributed by atoms with E-state index in [0.29, 0.717) is 33.9 Å². The van der Waals surface area contributed by atoms with Gasteiger partial charge in [0.25, 0.3) is 0 Å². The van der Waals surface area contributed by atoms with E-state index in [4.69, 9.17) is 27.9 Å². The number of benzene rings is 2. The first-order valence-corrected chi connectivity index (χ1v) is 8.31. The number of hydrogen-bond acceptors (Lipinski definition) is 5. The Hall–Kier alpha value is -2.50. The van der Waals surface area contributed by atoms with Gasteiger partial charge in [0.05, 0.1) is 22.8 Å². The largest absolute Gasteiger partial charge is 0.497 e. The Morgan fingerprint density at radius 2 is 1.64 bits per heavy atom. The van der Waals surface area contributed by atoms with E-state index in [1.54, 1.807) is 31.4 Å². The second-order valence-electron chi connectivity index (χ2n) is 5.21. The van der Waals surface area contributed by atoms with Crippen LogP contribution >= 0.6 is 23.2 Å². The summed E-state index contributed by atoms with van der Waals surface area (Å²) >= 11 is 12.3. The number of nitrogens with zero attached hydrogens (tertiary/aromatic N) is 2. The SMILES string of the molecule is COc1ccc(CNc2cc(Nc3c(Cl)cccc3Cl)ncn2)cc1. The fourth-order valence-corrected chi connectivity index (χ4v) is 2.70. The van der Waals surface area contributed by atoms with Crippen LogP contribution in [0.25, 0.3) is 0 Å². The summed E-state index contributed by atoms with van der Waals surface area (Å²) in [5.41, 5.74) is 1.73. The summed E-state index contributed by atoms with van der Waals surface area (Å²) in [6, 6.07) is 14.9. The van der Waals surface area contributed by atoms with Crippen LogP contribution in [-0.2, 0) is 6.54 Å². The lowest BCUT2D eigenvalue weighted by Crippen LogP contribution is -2.03. The van der Waals surface area contributed by atoms with Gasteiger partial charge in [-0.15, -0.1) is 0 Å². The third kappa shape index (κ3) is 4.53. The van der Waals surface area contributed by atoms with Crippen molar-refractivity contribution < 1.29 is 4.74 Å². The van der Waals surface area contributed by atoms with Crippen LogP contribution in [0.4, 0.5) is 17.3 Å². The minimum atomic E-state index is 0.527. The monoisotopic (exact) mass is 374 g/mol. The number of halogens is 2. The Labute approximate surface area is 156 Å². The van der Waals surface area contributed by atoms with Gasteiger partial charge in [0.2, 0.25) is 0 Å². The molecule has 0 amide bonds. The smallest absolute Gasteiger partial charge is 0.135 e. The molecule has 0 atom stereocenters. The van der Waals surface area contributed by atoms with Gasteiger partial charge in [0.1, 0.15) is 23.7 Å². The summed E-state index contributed by atoms with van der Waals surface area (Å²) in [5, 5.41) is 7.43. The molecular formula is C18H16Cl2N4O. The summed E-state index contributed by atoms with van der Waals surface area (Å²) in [6.07, 6.45) is 1.48. The van der Waals surface area contributed by atoms with Gasteiger partial charge in [-0.05, 0) is 29.8 Å². The molecule has 2 aromatic carbocycles. The first-order chi connectivity index (χ1) is 12.2. The van der Waals surface area contributed by atoms with Crippen molar-refractivity contribution in [3.05, 3.63) is 70.5 Å². The van der Waals surface area contributed by atoms with Crippen molar-refractivity contribution in [2.24, 2.45) is 0 Å². The van der Waals surface area contributed by atoms with Crippen molar-refractivity contribution in [3.8, 4) is 5.75 Å². The molecule has 3 rings (SSSR count). The summed E-state index contributed by atoms with van der Waals surface area (Å²) < 4.78 is 5.15. The predicted octanol–water partition coefficient (Wildman–Crippen LogP) is 5.15. The highest BCUT2D eigenvalue weighted by Gasteiger charge is 2.07. The molecule has 0 unspecified atom stereocenters. The molecule has 0 spiro atoms. The van der Waals surface area contributed by atoms with E-state index in [9.17, 15) is 0 Å². The van der Waals surface area contributed by atoms with Crippen LogP contribution in [0.15, 0.2) is 54.9 Å². The van der Waals surface area contributed by atoms with Gasteiger partial charge in [-0.25, -0.2) is 9.97 Å². The van der Waals surface area contributed by atoms with E-state index in [2.05, 4.69) is 20.6 Å². The molecule has 7 heteroatoms. The molecule has 0 aliphatic carbocycles. The molecule has 1 aromatic heterocycles. The van der Waals surface area contributed by atoms with Crippen LogP contribution in [0.2, 0.25) is 10.0 Å². The van der Waals surface area contributed by atoms with Gasteiger partial charge >= 0.3 is 0 Å². The molecule has 0 aliphatic rings. The Kier molecular flexibility index (Phi) is 5.58. The number of rotatable bonds is 6. The first kappa shape index (κ1) is 17.3. The zero-order valence-corrected chi connectivity index (χ0v) is 15.0. The fourth-order valence-electron chi connectivity index (χ4n) is 2.20. The molecule has 5 nitrogen and oxygen atoms in total. The molecule has 1 heterocycles. The zero-order valence-electron chi connectivity index (χ0n) is 13.5. The summed E-state index contributed by atoms with van der Waals surface area (Å²) in [4.78, 5) is 8.42. The van der Waals surface area contributed by atoms with Gasteiger partial charge in [-0.1, -0.05) is 41.4 Å². The molecule has 0 radical (unpaired) electrons. The maximum absolute atomic E-state index is 6.17. The lowest BCUT2D eigenvalue weighted by Gasteiger charge is -2.11. The Morgan fingerprint density at radius 3 is 2.32 bits per heavy atom. The van der Waals surface area contributed by atoms with Crippen LogP contribution in [0, 0.1) is 0 Å². The Balaban J connectivity index is 1.68. The topological polar surface area (TPSA) is 59.1 Å². The number of methoxy groups -OCH3 is 1. The van der Waals surface area contributed by atoms with Crippen LogP contribution < -0.4 is 15.4 Å². The molecule has 0 fully saturated rings. The maximum Gasteiger partial charge on any atom is 0.135 e. The average Bonchev–Trinajstić information content (AvgIpc) is 2.64. The van der Waals surface area contributed by atoms with E-state index < -0.39 is 0 Å². The van der Waals surface area contributed by atoms with Crippen molar-refractivity contribution in [1.29, 1.82) is 0 Å². The standard InChI is InChI=1S/C18H16Cl2N4O/c1-25-13-7-5-12(6-8-13)10-21-16-9-17(23-11-22-16)24-18-14(19)3-2-4-15(18)20/h2-9,11H,10H2,1H3,(H2,21,22,23,24). The number of hydrogen-bond donors (Lipinski definition) is 2. The summed E-state index contributed by atoms with van der Waals surface area (Å²) in [7, 11) is 1.65. The van der Waals surface area contributed by atoms with E-state index in [1.165, 1.54) is 6.33 Å². The Bertz CT molecular complexity index is 836. The van der Waals surface area contributed by atoms with Crippen molar-refractivity contribution >= 4 is 40.5 Å². The zero-order chi connectivity index (χ0) is 17.6. The molecular weight excluding hydrogens is 359 g/mol. The van der Waals surface area contributed by atoms with Crippen LogP contribution in [-0.4, -0.2) is 17.1 Å². The molecule has 2 N–H and O–H groups in total. The fraction of sp³-hybridized carbons (Fsp3) is 0.111. The first-order valence-electron chi connectivity index (χ1n) is 7.55. The highest BCUT2D eigenvalue weighted by atomic mass is 35.5. The minimum Gasteiger partial charge on any atom is -0.497 e. The summed E-state index contributed by atoms with van der Waals surface area (Å²) in [5.74, 6) is 2.12. The molecule has 128 valence electrons. The second kappa shape index (κ2) is 8.05. The molecule has 0 saturated carbocycles. The second-order valence-corrected chi connectivity index (χ2v) is 6.03. The maximum atomic E-state index is 6.17. The van der Waals surface area contributed by atoms with E-state index in [0.717, 1.165) is 11.3 Å². The van der Waals surface area contributed by atoms with Crippen LogP contribution in [0.1, 0.15) is 5.56 Å². The lowest BCUT2D eigenvalue weighted by atomic mass is 10.2. The number of nitrogens with one attached hydrogen (secondary N) is 2. The van der Waals surface area contributed by atoms with Gasteiger partial charge in [0.15, 0.2) is 0 Å². The minimum absolute atomic E-state index is 0.527. The summed E-state index contributed by atoms with van der Waals surface area (Å²) in [6.45, 7) is 0.632. The predicted molar refractivity (Wildman–Crippen MR) is 102 cm³/mol. The number of para-hydroxylation sites is 1. The van der Waals surface area contributed by atoms with Crippen LogP contribution in [0.3, 0.4) is 0 Å². The molecule has 0 saturated heterocycles. The van der Waals surface area contributed by atoms with Crippen molar-refractivity contribution in [1.82, 2.24) is 9.97 Å². The number of aromatic nitrogens is 2. The molecule has 0 bridgehead atoms. The van der Waals surface area contributed by atoms with Gasteiger partial charge in [-0.2, -0.15) is 0 Å². The normalized spacial score (nSPS) is 10.4. The van der Waals surface area contributed by atoms with Gasteiger partial charge in [0, 0.05) is 12.6 Å². The van der Waals surface area contributed by atoms with E-state index in [1.807, 2.05) is 24.3 Å². The highest BCUT2D eigenvalue weighted by molar-refractivity contribution is 6.39. The number of ether oxygens (including phenoxy) is 1. The quantitative estimate of drug-likeness (QED) is 0.624. The Morgan fingerprint density at radius 1 is 0.960 bits per heavy atom. The lowest BCUT2D eigenvalue weighted by molar-refractivity contribution is 0.414. The van der Waals surface area contributed by atoms with Crippen molar-refractivity contribution in [2.75, 3.05) is 17.7 Å². The third-order valence-corrected chi connectivity index (χ3v) is 4.15. The molecule has 0 aliphatic heterocycles. The number of anilines is 3. The average molecular weight is 375 g/mol. The molecule has 3 aromatic rings. The van der Waals surface area contributed by atoms with Gasteiger partial charge in [-0.3, -0.25) is 0 Å². The van der Waals surface area contributed by atoms with Crippen molar-refractivity contribution in [3.63, 3.8) is 0 Å².